The van der Waals surface area contributed by atoms with E-state index in [1.165, 1.54) is 5.57 Å². The van der Waals surface area contributed by atoms with E-state index in [4.69, 9.17) is 0 Å². The number of aliphatic hydroxyl groups excluding tert-OH is 3. The summed E-state index contributed by atoms with van der Waals surface area (Å²) in [6, 6.07) is 0. The summed E-state index contributed by atoms with van der Waals surface area (Å²) < 4.78 is 0. The zero-order valence-corrected chi connectivity index (χ0v) is 15.0. The average Bonchev–Trinajstić information content (AvgIpc) is 2.50. The first-order chi connectivity index (χ1) is 10.6. The maximum absolute atomic E-state index is 10.9. The van der Waals surface area contributed by atoms with E-state index < -0.39 is 17.6 Å². The molecule has 1 fully saturated rings. The van der Waals surface area contributed by atoms with Crippen LogP contribution >= 0.6 is 0 Å². The molecule has 0 amide bonds. The zero-order chi connectivity index (χ0) is 17.2. The lowest BCUT2D eigenvalue weighted by molar-refractivity contribution is -0.102. The molecule has 0 bridgehead atoms. The van der Waals surface area contributed by atoms with E-state index in [2.05, 4.69) is 27.4 Å². The van der Waals surface area contributed by atoms with Crippen molar-refractivity contribution in [1.29, 1.82) is 0 Å². The van der Waals surface area contributed by atoms with Gasteiger partial charge in [-0.2, -0.15) is 0 Å². The fourth-order valence-electron chi connectivity index (χ4n) is 5.79. The molecule has 23 heavy (non-hydrogen) atoms. The molecule has 0 aromatic carbocycles. The van der Waals surface area contributed by atoms with Crippen LogP contribution in [-0.2, 0) is 0 Å². The molecule has 0 radical (unpaired) electrons. The molecule has 1 unspecified atom stereocenters. The van der Waals surface area contributed by atoms with Crippen molar-refractivity contribution < 1.29 is 15.3 Å². The minimum absolute atomic E-state index is 0.0270. The quantitative estimate of drug-likeness (QED) is 0.650. The molecule has 3 rings (SSSR count). The lowest BCUT2D eigenvalue weighted by Crippen LogP contribution is -2.56. The second-order valence-electron chi connectivity index (χ2n) is 9.08. The van der Waals surface area contributed by atoms with Crippen LogP contribution < -0.4 is 0 Å². The van der Waals surface area contributed by atoms with Gasteiger partial charge in [-0.25, -0.2) is 0 Å². The van der Waals surface area contributed by atoms with Crippen LogP contribution in [0.15, 0.2) is 23.8 Å². The van der Waals surface area contributed by atoms with Gasteiger partial charge in [-0.05, 0) is 54.4 Å². The highest BCUT2D eigenvalue weighted by molar-refractivity contribution is 5.37. The maximum Gasteiger partial charge on any atom is 0.0865 e. The summed E-state index contributed by atoms with van der Waals surface area (Å²) in [5.74, 6) is 0.394. The van der Waals surface area contributed by atoms with Gasteiger partial charge in [0.2, 0.25) is 0 Å². The van der Waals surface area contributed by atoms with Gasteiger partial charge in [-0.1, -0.05) is 39.3 Å². The highest BCUT2D eigenvalue weighted by Crippen LogP contribution is 2.62. The number of aliphatic hydroxyl groups is 3. The van der Waals surface area contributed by atoms with Crippen molar-refractivity contribution in [3.63, 3.8) is 0 Å². The molecule has 3 N–H and O–H groups in total. The van der Waals surface area contributed by atoms with Crippen molar-refractivity contribution in [1.82, 2.24) is 0 Å². The van der Waals surface area contributed by atoms with E-state index in [-0.39, 0.29) is 16.9 Å². The smallest absolute Gasteiger partial charge is 0.0865 e. The van der Waals surface area contributed by atoms with E-state index in [1.807, 2.05) is 6.92 Å². The standard InChI is InChI=1S/C20H32O3/c1-6-19(4)16(22)11-13-12(17(19)23)7-8-14-18(2,3)15(21)9-10-20(13,14)5/h6,14-17,21-23H,1,7-11H2,2-5H3/t14?,15-,16-,17-,19+,20+/m0/s1. The minimum atomic E-state index is -0.661. The predicted octanol–water partition coefficient (Wildman–Crippen LogP) is 3.20. The summed E-state index contributed by atoms with van der Waals surface area (Å²) in [6.07, 6.45) is 4.42. The van der Waals surface area contributed by atoms with Crippen LogP contribution in [-0.4, -0.2) is 33.6 Å². The summed E-state index contributed by atoms with van der Waals surface area (Å²) in [6.45, 7) is 12.4. The van der Waals surface area contributed by atoms with Crippen LogP contribution in [0.25, 0.3) is 0 Å². The highest BCUT2D eigenvalue weighted by atomic mass is 16.3. The van der Waals surface area contributed by atoms with E-state index in [1.54, 1.807) is 6.08 Å². The third-order valence-corrected chi connectivity index (χ3v) is 7.72. The van der Waals surface area contributed by atoms with Crippen LogP contribution in [0.3, 0.4) is 0 Å². The van der Waals surface area contributed by atoms with Crippen molar-refractivity contribution >= 4 is 0 Å². The summed E-state index contributed by atoms with van der Waals surface area (Å²) in [7, 11) is 0. The van der Waals surface area contributed by atoms with Crippen molar-refractivity contribution in [2.24, 2.45) is 22.2 Å². The first-order valence-corrected chi connectivity index (χ1v) is 8.99. The van der Waals surface area contributed by atoms with Gasteiger partial charge in [-0.3, -0.25) is 0 Å². The summed E-state index contributed by atoms with van der Waals surface area (Å²) in [4.78, 5) is 0. The summed E-state index contributed by atoms with van der Waals surface area (Å²) in [5, 5.41) is 32.1. The average molecular weight is 320 g/mol. The van der Waals surface area contributed by atoms with Crippen LogP contribution in [0.4, 0.5) is 0 Å². The molecule has 0 aromatic heterocycles. The third-order valence-electron chi connectivity index (χ3n) is 7.72. The van der Waals surface area contributed by atoms with Gasteiger partial charge in [0, 0.05) is 5.41 Å². The molecule has 130 valence electrons. The maximum atomic E-state index is 10.9. The molecule has 3 aliphatic carbocycles. The van der Waals surface area contributed by atoms with Crippen molar-refractivity contribution in [3.8, 4) is 0 Å². The normalized spacial score (nSPS) is 49.3. The van der Waals surface area contributed by atoms with Gasteiger partial charge in [0.1, 0.15) is 0 Å². The van der Waals surface area contributed by atoms with E-state index >= 15 is 0 Å². The van der Waals surface area contributed by atoms with Crippen molar-refractivity contribution in [3.05, 3.63) is 23.8 Å². The van der Waals surface area contributed by atoms with Crippen LogP contribution in [0.5, 0.6) is 0 Å². The van der Waals surface area contributed by atoms with Gasteiger partial charge in [-0.15, -0.1) is 6.58 Å². The summed E-state index contributed by atoms with van der Waals surface area (Å²) in [5.41, 5.74) is 1.57. The number of hydrogen-bond acceptors (Lipinski definition) is 3. The third kappa shape index (κ3) is 2.13. The Bertz CT molecular complexity index is 549. The Morgan fingerprint density at radius 1 is 1.04 bits per heavy atom. The Labute approximate surface area is 140 Å². The number of fused-ring (bicyclic) bond motifs is 2. The Hall–Kier alpha value is -0.640. The Morgan fingerprint density at radius 3 is 2.30 bits per heavy atom. The molecule has 0 aromatic rings. The van der Waals surface area contributed by atoms with Gasteiger partial charge in [0.15, 0.2) is 0 Å². The van der Waals surface area contributed by atoms with Crippen molar-refractivity contribution in [2.75, 3.05) is 0 Å². The molecular weight excluding hydrogens is 288 g/mol. The van der Waals surface area contributed by atoms with Crippen LogP contribution in [0, 0.1) is 22.2 Å². The fraction of sp³-hybridized carbons (Fsp3) is 0.800. The largest absolute Gasteiger partial charge is 0.393 e. The van der Waals surface area contributed by atoms with Crippen molar-refractivity contribution in [2.45, 2.75) is 78.1 Å². The van der Waals surface area contributed by atoms with Gasteiger partial charge < -0.3 is 15.3 Å². The molecule has 0 spiro atoms. The second-order valence-corrected chi connectivity index (χ2v) is 9.08. The van der Waals surface area contributed by atoms with Crippen LogP contribution in [0.2, 0.25) is 0 Å². The lowest BCUT2D eigenvalue weighted by atomic mass is 9.46. The second kappa shape index (κ2) is 5.18. The summed E-state index contributed by atoms with van der Waals surface area (Å²) >= 11 is 0. The molecule has 6 atom stereocenters. The molecule has 0 heterocycles. The zero-order valence-electron chi connectivity index (χ0n) is 15.0. The van der Waals surface area contributed by atoms with E-state index in [0.29, 0.717) is 12.3 Å². The molecule has 0 saturated heterocycles. The topological polar surface area (TPSA) is 60.7 Å². The Balaban J connectivity index is 2.08. The first-order valence-electron chi connectivity index (χ1n) is 8.99. The number of rotatable bonds is 1. The highest BCUT2D eigenvalue weighted by Gasteiger charge is 2.57. The molecule has 1 saturated carbocycles. The predicted molar refractivity (Wildman–Crippen MR) is 91.8 cm³/mol. The molecule has 0 aliphatic heterocycles. The minimum Gasteiger partial charge on any atom is -0.393 e. The fourth-order valence-corrected chi connectivity index (χ4v) is 5.79. The molecule has 3 nitrogen and oxygen atoms in total. The monoisotopic (exact) mass is 320 g/mol. The Morgan fingerprint density at radius 2 is 1.70 bits per heavy atom. The van der Waals surface area contributed by atoms with Gasteiger partial charge in [0.25, 0.3) is 0 Å². The molecule has 3 heteroatoms. The Kier molecular flexibility index (Phi) is 3.87. The van der Waals surface area contributed by atoms with E-state index in [0.717, 1.165) is 31.3 Å². The van der Waals surface area contributed by atoms with Gasteiger partial charge in [0.05, 0.1) is 18.3 Å². The van der Waals surface area contributed by atoms with Gasteiger partial charge >= 0.3 is 0 Å². The van der Waals surface area contributed by atoms with E-state index in [9.17, 15) is 15.3 Å². The number of hydrogen-bond donors (Lipinski definition) is 3. The molecule has 3 aliphatic rings. The molecular formula is C20H32O3. The lowest BCUT2D eigenvalue weighted by Gasteiger charge is -2.59. The van der Waals surface area contributed by atoms with Crippen LogP contribution in [0.1, 0.15) is 59.8 Å². The first kappa shape index (κ1) is 17.2. The SMILES string of the molecule is C=C[C@]1(C)[C@@H](O)CC2=C(CCC3C(C)(C)[C@@H](O)CC[C@]23C)[C@@H]1O.